The number of nitrogens with zero attached hydrogens (tertiary/aromatic N) is 2. The molecule has 156 valence electrons. The Morgan fingerprint density at radius 3 is 2.40 bits per heavy atom. The van der Waals surface area contributed by atoms with Crippen molar-refractivity contribution in [3.63, 3.8) is 0 Å². The maximum Gasteiger partial charge on any atom is 0.226 e. The molecule has 7 nitrogen and oxygen atoms in total. The minimum atomic E-state index is -0.638. The first-order valence-electron chi connectivity index (χ1n) is 9.09. The highest BCUT2D eigenvalue weighted by molar-refractivity contribution is 5.94. The Labute approximate surface area is 171 Å². The number of halogens is 2. The summed E-state index contributed by atoms with van der Waals surface area (Å²) in [6, 6.07) is 6.59. The van der Waals surface area contributed by atoms with Crippen LogP contribution in [0.25, 0.3) is 5.69 Å². The van der Waals surface area contributed by atoms with Crippen molar-refractivity contribution >= 4 is 11.7 Å². The first-order chi connectivity index (χ1) is 14.5. The summed E-state index contributed by atoms with van der Waals surface area (Å²) in [5, 5.41) is 2.72. The number of hydrogen-bond donors (Lipinski definition) is 1. The molecule has 0 radical (unpaired) electrons. The molecule has 30 heavy (non-hydrogen) atoms. The van der Waals surface area contributed by atoms with E-state index in [0.717, 1.165) is 18.2 Å². The molecule has 1 aromatic heterocycles. The van der Waals surface area contributed by atoms with Crippen molar-refractivity contribution in [2.75, 3.05) is 26.6 Å². The smallest absolute Gasteiger partial charge is 0.226 e. The molecule has 0 unspecified atom stereocenters. The van der Waals surface area contributed by atoms with E-state index in [2.05, 4.69) is 10.3 Å². The van der Waals surface area contributed by atoms with Gasteiger partial charge in [0, 0.05) is 18.4 Å². The van der Waals surface area contributed by atoms with Crippen molar-refractivity contribution in [2.45, 2.75) is 12.3 Å². The number of carbonyl (C=O) groups excluding carboxylic acids is 1. The number of fused-ring (bicyclic) bond motifs is 1. The molecule has 0 bridgehead atoms. The van der Waals surface area contributed by atoms with Crippen molar-refractivity contribution in [2.24, 2.45) is 0 Å². The number of methoxy groups -OCH3 is 3. The number of anilines is 1. The number of rotatable bonds is 5. The monoisotopic (exact) mass is 415 g/mol. The Hall–Kier alpha value is -3.62. The summed E-state index contributed by atoms with van der Waals surface area (Å²) in [6.07, 6.45) is 1.48. The molecule has 0 spiro atoms. The zero-order valence-electron chi connectivity index (χ0n) is 16.5. The molecule has 2 heterocycles. The topological polar surface area (TPSA) is 74.6 Å². The Balaban J connectivity index is 1.86. The largest absolute Gasteiger partial charge is 0.493 e. The minimum absolute atomic E-state index is 0.0467. The zero-order chi connectivity index (χ0) is 21.4. The van der Waals surface area contributed by atoms with Crippen LogP contribution in [-0.2, 0) is 4.79 Å². The van der Waals surface area contributed by atoms with E-state index in [1.54, 1.807) is 12.1 Å². The molecule has 0 saturated heterocycles. The van der Waals surface area contributed by atoms with Crippen molar-refractivity contribution < 1.29 is 27.8 Å². The Morgan fingerprint density at radius 2 is 1.77 bits per heavy atom. The van der Waals surface area contributed by atoms with Crippen LogP contribution in [0, 0.1) is 11.6 Å². The van der Waals surface area contributed by atoms with Gasteiger partial charge in [-0.05, 0) is 29.8 Å². The van der Waals surface area contributed by atoms with Crippen molar-refractivity contribution in [3.8, 4) is 22.9 Å². The summed E-state index contributed by atoms with van der Waals surface area (Å²) >= 11 is 0. The van der Waals surface area contributed by atoms with Gasteiger partial charge in [-0.3, -0.25) is 9.36 Å². The molecular formula is C21H19F2N3O4. The van der Waals surface area contributed by atoms with E-state index in [-0.39, 0.29) is 23.8 Å². The van der Waals surface area contributed by atoms with Gasteiger partial charge in [0.05, 0.1) is 32.7 Å². The maximum absolute atomic E-state index is 14.3. The molecule has 0 fully saturated rings. The van der Waals surface area contributed by atoms with Crippen molar-refractivity contribution in [1.82, 2.24) is 9.55 Å². The molecule has 4 rings (SSSR count). The SMILES string of the molecule is COc1cc([C@@H]2CC(=O)Nc3c2ncn3-c2cc(F)ccc2F)cc(OC)c1OC. The minimum Gasteiger partial charge on any atom is -0.493 e. The van der Waals surface area contributed by atoms with Gasteiger partial charge in [-0.1, -0.05) is 0 Å². The van der Waals surface area contributed by atoms with Crippen LogP contribution in [0.2, 0.25) is 0 Å². The van der Waals surface area contributed by atoms with Crippen LogP contribution in [0.1, 0.15) is 23.6 Å². The van der Waals surface area contributed by atoms with Crippen LogP contribution >= 0.6 is 0 Å². The van der Waals surface area contributed by atoms with Gasteiger partial charge in [0.15, 0.2) is 11.5 Å². The van der Waals surface area contributed by atoms with E-state index < -0.39 is 17.6 Å². The summed E-state index contributed by atoms with van der Waals surface area (Å²) in [6.45, 7) is 0. The maximum atomic E-state index is 14.3. The third-order valence-electron chi connectivity index (χ3n) is 5.03. The van der Waals surface area contributed by atoms with Crippen LogP contribution in [0.15, 0.2) is 36.7 Å². The van der Waals surface area contributed by atoms with E-state index in [9.17, 15) is 13.6 Å². The predicted molar refractivity (Wildman–Crippen MR) is 105 cm³/mol. The molecule has 0 saturated carbocycles. The fourth-order valence-electron chi connectivity index (χ4n) is 3.64. The number of nitrogens with one attached hydrogen (secondary N) is 1. The predicted octanol–water partition coefficient (Wildman–Crippen LogP) is 3.65. The van der Waals surface area contributed by atoms with Crippen LogP contribution in [0.3, 0.4) is 0 Å². The Morgan fingerprint density at radius 1 is 1.07 bits per heavy atom. The lowest BCUT2D eigenvalue weighted by atomic mass is 9.89. The summed E-state index contributed by atoms with van der Waals surface area (Å²) in [4.78, 5) is 16.9. The third kappa shape index (κ3) is 3.22. The van der Waals surface area contributed by atoms with Gasteiger partial charge in [0.1, 0.15) is 23.8 Å². The fourth-order valence-corrected chi connectivity index (χ4v) is 3.64. The van der Waals surface area contributed by atoms with E-state index in [0.29, 0.717) is 28.5 Å². The molecule has 1 N–H and O–H groups in total. The summed E-state index contributed by atoms with van der Waals surface area (Å²) in [5.74, 6) is -0.367. The highest BCUT2D eigenvalue weighted by atomic mass is 19.1. The number of hydrogen-bond acceptors (Lipinski definition) is 5. The molecule has 1 aliphatic heterocycles. The first kappa shape index (κ1) is 19.7. The summed E-state index contributed by atoms with van der Waals surface area (Å²) < 4.78 is 45.5. The standard InChI is InChI=1S/C21H19F2N3O4/c1-28-16-6-11(7-17(29-2)20(16)30-3)13-9-18(27)25-21-19(13)24-10-26(21)15-8-12(22)4-5-14(15)23/h4-8,10,13H,9H2,1-3H3,(H,25,27)/t13-/m0/s1. The average molecular weight is 415 g/mol. The first-order valence-corrected chi connectivity index (χ1v) is 9.09. The highest BCUT2D eigenvalue weighted by Crippen LogP contribution is 2.44. The average Bonchev–Trinajstić information content (AvgIpc) is 3.17. The third-order valence-corrected chi connectivity index (χ3v) is 5.03. The normalized spacial score (nSPS) is 15.4. The van der Waals surface area contributed by atoms with Crippen LogP contribution in [0.5, 0.6) is 17.2 Å². The van der Waals surface area contributed by atoms with E-state index >= 15 is 0 Å². The molecule has 1 aliphatic rings. The lowest BCUT2D eigenvalue weighted by Crippen LogP contribution is -2.25. The van der Waals surface area contributed by atoms with Gasteiger partial charge in [-0.2, -0.15) is 0 Å². The number of benzene rings is 2. The van der Waals surface area contributed by atoms with Gasteiger partial charge >= 0.3 is 0 Å². The second-order valence-electron chi connectivity index (χ2n) is 6.71. The number of imidazole rings is 1. The molecule has 1 atom stereocenters. The second kappa shape index (κ2) is 7.66. The lowest BCUT2D eigenvalue weighted by molar-refractivity contribution is -0.116. The highest BCUT2D eigenvalue weighted by Gasteiger charge is 2.33. The lowest BCUT2D eigenvalue weighted by Gasteiger charge is -2.24. The quantitative estimate of drug-likeness (QED) is 0.689. The van der Waals surface area contributed by atoms with Crippen LogP contribution < -0.4 is 19.5 Å². The molecule has 0 aliphatic carbocycles. The molecule has 3 aromatic rings. The Bertz CT molecular complexity index is 1100. The zero-order valence-corrected chi connectivity index (χ0v) is 16.5. The van der Waals surface area contributed by atoms with Gasteiger partial charge in [-0.25, -0.2) is 13.8 Å². The molecule has 9 heteroatoms. The van der Waals surface area contributed by atoms with Gasteiger partial charge in [-0.15, -0.1) is 0 Å². The number of carbonyl (C=O) groups is 1. The van der Waals surface area contributed by atoms with E-state index in [4.69, 9.17) is 14.2 Å². The molecule has 2 aromatic carbocycles. The van der Waals surface area contributed by atoms with Gasteiger partial charge in [0.25, 0.3) is 0 Å². The van der Waals surface area contributed by atoms with Crippen molar-refractivity contribution in [1.29, 1.82) is 0 Å². The summed E-state index contributed by atoms with van der Waals surface area (Å²) in [7, 11) is 4.50. The second-order valence-corrected chi connectivity index (χ2v) is 6.71. The number of aromatic nitrogens is 2. The summed E-state index contributed by atoms with van der Waals surface area (Å²) in [5.41, 5.74) is 1.19. The van der Waals surface area contributed by atoms with Gasteiger partial charge in [0.2, 0.25) is 11.7 Å². The molecular weight excluding hydrogens is 396 g/mol. The van der Waals surface area contributed by atoms with Crippen LogP contribution in [0.4, 0.5) is 14.6 Å². The van der Waals surface area contributed by atoms with Crippen molar-refractivity contribution in [3.05, 3.63) is 59.6 Å². The fraction of sp³-hybridized carbons (Fsp3) is 0.238. The number of ether oxygens (including phenoxy) is 3. The van der Waals surface area contributed by atoms with Crippen LogP contribution in [-0.4, -0.2) is 36.8 Å². The number of amides is 1. The van der Waals surface area contributed by atoms with Gasteiger partial charge < -0.3 is 19.5 Å². The van der Waals surface area contributed by atoms with E-state index in [1.807, 2.05) is 0 Å². The Kier molecular flexibility index (Phi) is 5.03. The van der Waals surface area contributed by atoms with E-state index in [1.165, 1.54) is 32.2 Å². The molecule has 1 amide bonds.